The first-order valence-corrected chi connectivity index (χ1v) is 17.3. The van der Waals surface area contributed by atoms with E-state index in [0.29, 0.717) is 18.8 Å². The van der Waals surface area contributed by atoms with Crippen LogP contribution in [0.1, 0.15) is 86.0 Å². The molecule has 1 atom stereocenters. The Morgan fingerprint density at radius 2 is 1.58 bits per heavy atom. The number of nitriles is 1. The number of carbonyl (C=O) groups excluding carboxylic acids is 1. The summed E-state index contributed by atoms with van der Waals surface area (Å²) in [6.07, 6.45) is -2.58. The largest absolute Gasteiger partial charge is 0.483 e. The van der Waals surface area contributed by atoms with Crippen molar-refractivity contribution >= 4 is 24.0 Å². The summed E-state index contributed by atoms with van der Waals surface area (Å²) >= 11 is 0. The molecule has 0 spiro atoms. The lowest BCUT2D eigenvalue weighted by Gasteiger charge is -2.40. The van der Waals surface area contributed by atoms with Gasteiger partial charge in [-0.1, -0.05) is 63.9 Å². The second kappa shape index (κ2) is 19.3. The summed E-state index contributed by atoms with van der Waals surface area (Å²) in [7, 11) is 1.38. The Morgan fingerprint density at radius 1 is 1.00 bits per heavy atom. The number of benzene rings is 2. The predicted molar refractivity (Wildman–Crippen MR) is 198 cm³/mol. The SMILES string of the molecule is CN=C(NC(=O)C(CCC(C)C)CC(C)C)c1ccc(C(F)(F)F)nc1N1CC(F)(F)C1.Cc1cc(C)c(-c2ccc(C#N)c(C)c2)c(C)c1.O=CO. The average molecular weight is 744 g/mol. The summed E-state index contributed by atoms with van der Waals surface area (Å²) < 4.78 is 66.4. The van der Waals surface area contributed by atoms with E-state index in [-0.39, 0.29) is 41.4 Å². The van der Waals surface area contributed by atoms with Gasteiger partial charge < -0.3 is 15.3 Å². The molecule has 53 heavy (non-hydrogen) atoms. The third-order valence-electron chi connectivity index (χ3n) is 8.56. The van der Waals surface area contributed by atoms with E-state index in [1.54, 1.807) is 0 Å². The minimum atomic E-state index is -4.73. The van der Waals surface area contributed by atoms with Crippen LogP contribution in [0.5, 0.6) is 0 Å². The summed E-state index contributed by atoms with van der Waals surface area (Å²) in [5.41, 5.74) is 7.02. The smallest absolute Gasteiger partial charge is 0.433 e. The minimum absolute atomic E-state index is 0.0137. The van der Waals surface area contributed by atoms with E-state index in [0.717, 1.165) is 34.6 Å². The molecule has 0 saturated carbocycles. The van der Waals surface area contributed by atoms with Gasteiger partial charge in [0.1, 0.15) is 17.3 Å². The van der Waals surface area contributed by atoms with Crippen molar-refractivity contribution in [3.05, 3.63) is 81.5 Å². The van der Waals surface area contributed by atoms with Crippen LogP contribution in [0.15, 0.2) is 47.5 Å². The number of halogens is 5. The molecule has 0 radical (unpaired) electrons. The number of carboxylic acid groups (broad SMARTS) is 1. The summed E-state index contributed by atoms with van der Waals surface area (Å²) in [4.78, 5) is 30.1. The number of hydrogen-bond acceptors (Lipinski definition) is 6. The van der Waals surface area contributed by atoms with E-state index in [4.69, 9.17) is 15.2 Å². The van der Waals surface area contributed by atoms with Gasteiger partial charge in [-0.15, -0.1) is 0 Å². The van der Waals surface area contributed by atoms with Gasteiger partial charge in [-0.25, -0.2) is 13.8 Å². The Bertz CT molecular complexity index is 1770. The molecule has 1 aromatic heterocycles. The van der Waals surface area contributed by atoms with Crippen LogP contribution in [0.25, 0.3) is 11.1 Å². The number of aromatic nitrogens is 1. The van der Waals surface area contributed by atoms with Crippen LogP contribution in [0.4, 0.5) is 27.8 Å². The van der Waals surface area contributed by atoms with E-state index < -0.39 is 30.9 Å². The molecule has 0 aliphatic carbocycles. The third kappa shape index (κ3) is 12.9. The van der Waals surface area contributed by atoms with Gasteiger partial charge in [0.15, 0.2) is 0 Å². The zero-order valence-corrected chi connectivity index (χ0v) is 31.8. The highest BCUT2D eigenvalue weighted by atomic mass is 19.4. The Morgan fingerprint density at radius 3 is 2.04 bits per heavy atom. The number of aliphatic imine (C=N–C) groups is 1. The first kappa shape index (κ1) is 44.3. The number of anilines is 1. The second-order valence-electron chi connectivity index (χ2n) is 14.2. The normalized spacial score (nSPS) is 14.2. The molecule has 1 unspecified atom stereocenters. The zero-order chi connectivity index (χ0) is 40.3. The Kier molecular flexibility index (Phi) is 16.1. The maximum Gasteiger partial charge on any atom is 0.433 e. The van der Waals surface area contributed by atoms with Gasteiger partial charge in [0, 0.05) is 13.0 Å². The standard InChI is InChI=1S/C22H31F5N4O.C17H17N.CH2O2/c1-13(2)6-7-15(10-14(3)4)20(32)30-18(28-5)16-8-9-17(22(25,26)27)29-19(16)31-11-21(23,24)12-31;1-11-7-13(3)17(14(4)8-11)15-5-6-16(10-18)12(2)9-15;2-1-3/h8-9,13-15H,6-7,10-12H2,1-5H3,(H,28,30,32);5-9H,1-4H3;1H,(H,2,3). The summed E-state index contributed by atoms with van der Waals surface area (Å²) in [5.74, 6) is -3.16. The summed E-state index contributed by atoms with van der Waals surface area (Å²) in [6.45, 7) is 14.8. The molecular formula is C40H50F5N5O3. The number of alkyl halides is 5. The maximum absolute atomic E-state index is 13.4. The number of pyridine rings is 1. The average Bonchev–Trinajstić information content (AvgIpc) is 3.03. The van der Waals surface area contributed by atoms with Gasteiger partial charge in [0.05, 0.1) is 30.3 Å². The lowest BCUT2D eigenvalue weighted by molar-refractivity contribution is -0.141. The highest BCUT2D eigenvalue weighted by Crippen LogP contribution is 2.36. The fourth-order valence-corrected chi connectivity index (χ4v) is 6.20. The molecule has 2 heterocycles. The van der Waals surface area contributed by atoms with E-state index in [1.807, 2.05) is 32.9 Å². The molecule has 8 nitrogen and oxygen atoms in total. The molecule has 13 heteroatoms. The van der Waals surface area contributed by atoms with Gasteiger partial charge in [-0.3, -0.25) is 14.6 Å². The van der Waals surface area contributed by atoms with Crippen LogP contribution in [0.2, 0.25) is 0 Å². The van der Waals surface area contributed by atoms with Crippen molar-refractivity contribution in [2.24, 2.45) is 22.7 Å². The Balaban J connectivity index is 0.000000388. The molecule has 4 rings (SSSR count). The Hall–Kier alpha value is -4.86. The Labute approximate surface area is 309 Å². The number of aryl methyl sites for hydroxylation is 4. The number of rotatable bonds is 9. The summed E-state index contributed by atoms with van der Waals surface area (Å²) in [5, 5.41) is 18.6. The molecule has 1 fully saturated rings. The van der Waals surface area contributed by atoms with Gasteiger partial charge in [0.25, 0.3) is 12.4 Å². The lowest BCUT2D eigenvalue weighted by Crippen LogP contribution is -2.57. The van der Waals surface area contributed by atoms with E-state index in [2.05, 4.69) is 74.2 Å². The van der Waals surface area contributed by atoms with E-state index in [1.165, 1.54) is 34.9 Å². The van der Waals surface area contributed by atoms with Gasteiger partial charge in [0.2, 0.25) is 5.91 Å². The van der Waals surface area contributed by atoms with Crippen molar-refractivity contribution < 1.29 is 36.6 Å². The quantitative estimate of drug-likeness (QED) is 0.0977. The minimum Gasteiger partial charge on any atom is -0.483 e. The topological polar surface area (TPSA) is 119 Å². The van der Waals surface area contributed by atoms with Crippen LogP contribution in [0.3, 0.4) is 0 Å². The van der Waals surface area contributed by atoms with Gasteiger partial charge >= 0.3 is 6.18 Å². The van der Waals surface area contributed by atoms with Crippen LogP contribution < -0.4 is 10.2 Å². The highest BCUT2D eigenvalue weighted by molar-refractivity contribution is 6.11. The van der Waals surface area contributed by atoms with E-state index >= 15 is 0 Å². The first-order chi connectivity index (χ1) is 24.7. The number of hydrogen-bond donors (Lipinski definition) is 2. The molecule has 1 amide bonds. The van der Waals surface area contributed by atoms with Crippen molar-refractivity contribution in [1.82, 2.24) is 10.3 Å². The number of amidine groups is 1. The van der Waals surface area contributed by atoms with Crippen molar-refractivity contribution in [3.63, 3.8) is 0 Å². The van der Waals surface area contributed by atoms with Gasteiger partial charge in [-0.2, -0.15) is 18.4 Å². The number of nitrogens with one attached hydrogen (secondary N) is 1. The zero-order valence-electron chi connectivity index (χ0n) is 31.8. The monoisotopic (exact) mass is 743 g/mol. The van der Waals surface area contributed by atoms with Crippen LogP contribution in [-0.2, 0) is 15.8 Å². The third-order valence-corrected chi connectivity index (χ3v) is 8.56. The fourth-order valence-electron chi connectivity index (χ4n) is 6.20. The molecular weight excluding hydrogens is 693 g/mol. The lowest BCUT2D eigenvalue weighted by atomic mass is 9.89. The van der Waals surface area contributed by atoms with Gasteiger partial charge in [-0.05, 0) is 98.4 Å². The number of carbonyl (C=O) groups is 2. The fraction of sp³-hybridized carbons (Fsp3) is 0.475. The van der Waals surface area contributed by atoms with Crippen molar-refractivity contribution in [2.45, 2.75) is 86.8 Å². The predicted octanol–water partition coefficient (Wildman–Crippen LogP) is 9.31. The van der Waals surface area contributed by atoms with Crippen molar-refractivity contribution in [3.8, 4) is 17.2 Å². The molecule has 3 aromatic rings. The maximum atomic E-state index is 13.4. The molecule has 1 aliphatic rings. The van der Waals surface area contributed by atoms with Crippen molar-refractivity contribution in [2.75, 3.05) is 25.0 Å². The number of amides is 1. The van der Waals surface area contributed by atoms with Crippen LogP contribution in [-0.4, -0.2) is 54.4 Å². The van der Waals surface area contributed by atoms with Crippen LogP contribution >= 0.6 is 0 Å². The first-order valence-electron chi connectivity index (χ1n) is 17.3. The summed E-state index contributed by atoms with van der Waals surface area (Å²) in [6, 6.07) is 14.5. The highest BCUT2D eigenvalue weighted by Gasteiger charge is 2.46. The molecule has 1 aliphatic heterocycles. The molecule has 1 saturated heterocycles. The number of nitrogens with zero attached hydrogens (tertiary/aromatic N) is 4. The molecule has 2 aromatic carbocycles. The molecule has 0 bridgehead atoms. The molecule has 2 N–H and O–H groups in total. The van der Waals surface area contributed by atoms with Crippen LogP contribution in [0, 0.1) is 56.8 Å². The second-order valence-corrected chi connectivity index (χ2v) is 14.2. The van der Waals surface area contributed by atoms with Crippen molar-refractivity contribution in [1.29, 1.82) is 5.26 Å². The van der Waals surface area contributed by atoms with E-state index in [9.17, 15) is 26.7 Å². The molecule has 288 valence electrons.